The summed E-state index contributed by atoms with van der Waals surface area (Å²) < 4.78 is 32.5. The molecule has 18 heavy (non-hydrogen) atoms. The fraction of sp³-hybridized carbons (Fsp3) is 0.538. The van der Waals surface area contributed by atoms with Crippen molar-refractivity contribution in [3.8, 4) is 0 Å². The summed E-state index contributed by atoms with van der Waals surface area (Å²) in [6, 6.07) is 6.34. The molecule has 0 saturated heterocycles. The zero-order chi connectivity index (χ0) is 12.7. The van der Waals surface area contributed by atoms with Crippen LogP contribution in [0.2, 0.25) is 0 Å². The van der Waals surface area contributed by atoms with E-state index in [1.165, 1.54) is 31.4 Å². The van der Waals surface area contributed by atoms with Crippen molar-refractivity contribution in [2.24, 2.45) is 0 Å². The van der Waals surface area contributed by atoms with Crippen molar-refractivity contribution >= 4 is 10.1 Å². The Labute approximate surface area is 132 Å². The van der Waals surface area contributed by atoms with Crippen molar-refractivity contribution in [3.05, 3.63) is 29.8 Å². The standard InChI is InChI=1S/C13H20O3S.Na/c1-2-3-4-5-6-8-12-9-7-10-13(11-12)17(14,15)16;/h7,9-11H,2-6,8H2,1H3,(H,14,15,16);/q;+1/p-1. The van der Waals surface area contributed by atoms with Gasteiger partial charge in [0.2, 0.25) is 0 Å². The van der Waals surface area contributed by atoms with Crippen LogP contribution in [0.1, 0.15) is 44.6 Å². The van der Waals surface area contributed by atoms with E-state index in [0.717, 1.165) is 24.8 Å². The predicted molar refractivity (Wildman–Crippen MR) is 66.9 cm³/mol. The second-order valence-corrected chi connectivity index (χ2v) is 5.65. The van der Waals surface area contributed by atoms with Gasteiger partial charge in [-0.1, -0.05) is 44.7 Å². The van der Waals surface area contributed by atoms with Crippen molar-refractivity contribution in [1.82, 2.24) is 0 Å². The van der Waals surface area contributed by atoms with Gasteiger partial charge < -0.3 is 4.55 Å². The fourth-order valence-electron chi connectivity index (χ4n) is 1.79. The number of rotatable bonds is 7. The minimum absolute atomic E-state index is 0. The van der Waals surface area contributed by atoms with Gasteiger partial charge in [0.25, 0.3) is 0 Å². The van der Waals surface area contributed by atoms with Gasteiger partial charge in [-0.15, -0.1) is 0 Å². The molecule has 0 aliphatic rings. The quantitative estimate of drug-likeness (QED) is 0.404. The van der Waals surface area contributed by atoms with Gasteiger partial charge in [-0.3, -0.25) is 0 Å². The molecule has 0 radical (unpaired) electrons. The number of unbranched alkanes of at least 4 members (excludes halogenated alkanes) is 4. The Morgan fingerprint density at radius 3 is 2.39 bits per heavy atom. The summed E-state index contributed by atoms with van der Waals surface area (Å²) in [5.74, 6) is 0. The van der Waals surface area contributed by atoms with Crippen LogP contribution in [0.25, 0.3) is 0 Å². The van der Waals surface area contributed by atoms with E-state index in [1.807, 2.05) is 6.07 Å². The number of benzene rings is 1. The van der Waals surface area contributed by atoms with Crippen LogP contribution in [0.15, 0.2) is 29.2 Å². The van der Waals surface area contributed by atoms with Crippen molar-refractivity contribution in [3.63, 3.8) is 0 Å². The second-order valence-electron chi connectivity index (χ2n) is 4.27. The zero-order valence-corrected chi connectivity index (χ0v) is 14.0. The zero-order valence-electron chi connectivity index (χ0n) is 11.2. The van der Waals surface area contributed by atoms with E-state index in [-0.39, 0.29) is 34.5 Å². The van der Waals surface area contributed by atoms with Gasteiger partial charge >= 0.3 is 29.6 Å². The Morgan fingerprint density at radius 2 is 1.78 bits per heavy atom. The Hall–Kier alpha value is 0.130. The van der Waals surface area contributed by atoms with Crippen molar-refractivity contribution in [1.29, 1.82) is 0 Å². The fourth-order valence-corrected chi connectivity index (χ4v) is 2.33. The maximum absolute atomic E-state index is 10.8. The van der Waals surface area contributed by atoms with E-state index < -0.39 is 10.1 Å². The van der Waals surface area contributed by atoms with Gasteiger partial charge in [0.15, 0.2) is 0 Å². The smallest absolute Gasteiger partial charge is 0.744 e. The Bertz CT molecular complexity index is 443. The van der Waals surface area contributed by atoms with Crippen LogP contribution in [-0.2, 0) is 16.5 Å². The van der Waals surface area contributed by atoms with Gasteiger partial charge in [0.1, 0.15) is 10.1 Å². The molecule has 0 aliphatic carbocycles. The van der Waals surface area contributed by atoms with E-state index in [9.17, 15) is 13.0 Å². The van der Waals surface area contributed by atoms with E-state index in [0.29, 0.717) is 0 Å². The first-order valence-electron chi connectivity index (χ1n) is 6.09. The molecule has 5 heteroatoms. The SMILES string of the molecule is CCCCCCCc1cccc(S(=O)(=O)[O-])c1.[Na+]. The summed E-state index contributed by atoms with van der Waals surface area (Å²) in [5.41, 5.74) is 0.929. The van der Waals surface area contributed by atoms with Gasteiger partial charge in [-0.05, 0) is 30.5 Å². The largest absolute Gasteiger partial charge is 1.00 e. The summed E-state index contributed by atoms with van der Waals surface area (Å²) in [7, 11) is -4.31. The summed E-state index contributed by atoms with van der Waals surface area (Å²) >= 11 is 0. The van der Waals surface area contributed by atoms with E-state index in [2.05, 4.69) is 6.92 Å². The summed E-state index contributed by atoms with van der Waals surface area (Å²) in [5, 5.41) is 0. The molecule has 1 rings (SSSR count). The first-order chi connectivity index (χ1) is 8.04. The molecule has 0 spiro atoms. The van der Waals surface area contributed by atoms with Gasteiger partial charge in [-0.25, -0.2) is 8.42 Å². The minimum Gasteiger partial charge on any atom is -0.744 e. The molecule has 0 bridgehead atoms. The van der Waals surface area contributed by atoms with Crippen LogP contribution in [0, 0.1) is 0 Å². The van der Waals surface area contributed by atoms with E-state index in [1.54, 1.807) is 6.07 Å². The second kappa shape index (κ2) is 9.10. The normalized spacial score (nSPS) is 11.0. The maximum atomic E-state index is 10.8. The Kier molecular flexibility index (Phi) is 9.17. The molecule has 0 heterocycles. The summed E-state index contributed by atoms with van der Waals surface area (Å²) in [6.45, 7) is 2.17. The third-order valence-electron chi connectivity index (χ3n) is 2.76. The molecule has 0 aromatic heterocycles. The average Bonchev–Trinajstić information content (AvgIpc) is 2.28. The average molecular weight is 278 g/mol. The first kappa shape index (κ1) is 18.1. The van der Waals surface area contributed by atoms with Crippen LogP contribution in [0.4, 0.5) is 0 Å². The first-order valence-corrected chi connectivity index (χ1v) is 7.49. The summed E-state index contributed by atoms with van der Waals surface area (Å²) in [6.07, 6.45) is 6.71. The predicted octanol–water partition coefficient (Wildman–Crippen LogP) is 0.108. The molecular weight excluding hydrogens is 259 g/mol. The molecule has 0 aliphatic heterocycles. The molecule has 0 saturated carbocycles. The molecule has 1 aromatic carbocycles. The van der Waals surface area contributed by atoms with Gasteiger partial charge in [-0.2, -0.15) is 0 Å². The Balaban J connectivity index is 0.00000289. The third kappa shape index (κ3) is 6.90. The topological polar surface area (TPSA) is 57.2 Å². The van der Waals surface area contributed by atoms with Gasteiger partial charge in [0, 0.05) is 0 Å². The van der Waals surface area contributed by atoms with Crippen LogP contribution in [-0.4, -0.2) is 13.0 Å². The summed E-state index contributed by atoms with van der Waals surface area (Å²) in [4.78, 5) is -0.122. The third-order valence-corrected chi connectivity index (χ3v) is 3.59. The van der Waals surface area contributed by atoms with Crippen molar-refractivity contribution < 1.29 is 42.5 Å². The monoisotopic (exact) mass is 278 g/mol. The molecule has 0 fully saturated rings. The molecule has 0 atom stereocenters. The number of hydrogen-bond donors (Lipinski definition) is 0. The molecule has 0 unspecified atom stereocenters. The molecule has 3 nitrogen and oxygen atoms in total. The van der Waals surface area contributed by atoms with E-state index in [4.69, 9.17) is 0 Å². The Morgan fingerprint density at radius 1 is 1.11 bits per heavy atom. The van der Waals surface area contributed by atoms with Crippen LogP contribution < -0.4 is 29.6 Å². The minimum atomic E-state index is -4.31. The molecule has 0 N–H and O–H groups in total. The van der Waals surface area contributed by atoms with Crippen LogP contribution in [0.3, 0.4) is 0 Å². The van der Waals surface area contributed by atoms with E-state index >= 15 is 0 Å². The molecular formula is C13H19NaO3S. The number of hydrogen-bond acceptors (Lipinski definition) is 3. The molecule has 96 valence electrons. The van der Waals surface area contributed by atoms with Gasteiger partial charge in [0.05, 0.1) is 4.90 Å². The maximum Gasteiger partial charge on any atom is 1.00 e. The van der Waals surface area contributed by atoms with Crippen LogP contribution >= 0.6 is 0 Å². The van der Waals surface area contributed by atoms with Crippen LogP contribution in [0.5, 0.6) is 0 Å². The van der Waals surface area contributed by atoms with Crippen molar-refractivity contribution in [2.45, 2.75) is 50.3 Å². The van der Waals surface area contributed by atoms with Crippen molar-refractivity contribution in [2.75, 3.05) is 0 Å². The number of aryl methyl sites for hydroxylation is 1. The molecule has 1 aromatic rings. The molecule has 0 amide bonds.